The fourth-order valence-corrected chi connectivity index (χ4v) is 3.48. The minimum absolute atomic E-state index is 0.0968. The van der Waals surface area contributed by atoms with Crippen molar-refractivity contribution in [1.82, 2.24) is 10.6 Å². The van der Waals surface area contributed by atoms with Crippen molar-refractivity contribution in [1.29, 1.82) is 0 Å². The Labute approximate surface area is 122 Å². The van der Waals surface area contributed by atoms with Gasteiger partial charge < -0.3 is 10.6 Å². The minimum Gasteiger partial charge on any atom is -0.350 e. The molecular weight excluding hydrogens is 256 g/mol. The highest BCUT2D eigenvalue weighted by Crippen LogP contribution is 2.37. The summed E-state index contributed by atoms with van der Waals surface area (Å²) in [5.74, 6) is 0.0968. The van der Waals surface area contributed by atoms with E-state index >= 15 is 0 Å². The van der Waals surface area contributed by atoms with Crippen molar-refractivity contribution in [2.45, 2.75) is 76.1 Å². The Morgan fingerprint density at radius 3 is 2.32 bits per heavy atom. The molecule has 0 bridgehead atoms. The molecule has 0 saturated heterocycles. The number of hydrogen-bond donors (Lipinski definition) is 2. The predicted molar refractivity (Wildman–Crippen MR) is 84.7 cm³/mol. The Hall–Kier alpha value is -0.220. The lowest BCUT2D eigenvalue weighted by atomic mass is 9.88. The number of amides is 1. The summed E-state index contributed by atoms with van der Waals surface area (Å²) in [5.41, 5.74) is -0.158. The highest BCUT2D eigenvalue weighted by molar-refractivity contribution is 8.00. The van der Waals surface area contributed by atoms with Crippen LogP contribution in [0.25, 0.3) is 0 Å². The Balaban J connectivity index is 2.43. The smallest absolute Gasteiger partial charge is 0.237 e. The van der Waals surface area contributed by atoms with E-state index in [0.29, 0.717) is 4.75 Å². The van der Waals surface area contributed by atoms with Gasteiger partial charge >= 0.3 is 0 Å². The second-order valence-electron chi connectivity index (χ2n) is 6.79. The maximum atomic E-state index is 12.0. The van der Waals surface area contributed by atoms with Gasteiger partial charge in [-0.25, -0.2) is 0 Å². The van der Waals surface area contributed by atoms with E-state index in [0.717, 1.165) is 6.54 Å². The van der Waals surface area contributed by atoms with Gasteiger partial charge in [-0.05, 0) is 46.8 Å². The van der Waals surface area contributed by atoms with E-state index in [1.54, 1.807) is 0 Å². The molecule has 0 spiro atoms. The van der Waals surface area contributed by atoms with Gasteiger partial charge in [-0.15, -0.1) is 0 Å². The first-order chi connectivity index (χ1) is 8.78. The van der Waals surface area contributed by atoms with Crippen LogP contribution in [-0.2, 0) is 4.79 Å². The number of hydrogen-bond acceptors (Lipinski definition) is 3. The molecule has 19 heavy (non-hydrogen) atoms. The van der Waals surface area contributed by atoms with Gasteiger partial charge in [-0.1, -0.05) is 19.3 Å². The van der Waals surface area contributed by atoms with Gasteiger partial charge in [0.2, 0.25) is 5.91 Å². The van der Waals surface area contributed by atoms with Gasteiger partial charge in [0.1, 0.15) is 0 Å². The lowest BCUT2D eigenvalue weighted by Crippen LogP contribution is -2.52. The molecule has 0 heterocycles. The molecule has 2 N–H and O–H groups in total. The third kappa shape index (κ3) is 5.74. The number of rotatable bonds is 5. The van der Waals surface area contributed by atoms with Gasteiger partial charge in [-0.2, -0.15) is 11.8 Å². The summed E-state index contributed by atoms with van der Waals surface area (Å²) in [5, 5.41) is 6.46. The van der Waals surface area contributed by atoms with Crippen LogP contribution in [0, 0.1) is 0 Å². The maximum absolute atomic E-state index is 12.0. The zero-order valence-electron chi connectivity index (χ0n) is 13.1. The van der Waals surface area contributed by atoms with Crippen LogP contribution in [0.3, 0.4) is 0 Å². The zero-order valence-corrected chi connectivity index (χ0v) is 14.0. The summed E-state index contributed by atoms with van der Waals surface area (Å²) >= 11 is 1.97. The van der Waals surface area contributed by atoms with Crippen LogP contribution in [0.4, 0.5) is 0 Å². The first-order valence-corrected chi connectivity index (χ1v) is 8.61. The summed E-state index contributed by atoms with van der Waals surface area (Å²) in [4.78, 5) is 12.0. The van der Waals surface area contributed by atoms with Gasteiger partial charge in [-0.3, -0.25) is 4.79 Å². The molecule has 1 unspecified atom stereocenters. The van der Waals surface area contributed by atoms with Crippen molar-refractivity contribution in [3.05, 3.63) is 0 Å². The molecule has 0 aromatic carbocycles. The largest absolute Gasteiger partial charge is 0.350 e. The lowest BCUT2D eigenvalue weighted by Gasteiger charge is -2.37. The summed E-state index contributed by atoms with van der Waals surface area (Å²) < 4.78 is 0.342. The summed E-state index contributed by atoms with van der Waals surface area (Å²) in [6.45, 7) is 8.94. The Kier molecular flexibility index (Phi) is 6.18. The normalized spacial score (nSPS) is 20.9. The van der Waals surface area contributed by atoms with E-state index in [4.69, 9.17) is 0 Å². The molecule has 1 aliphatic rings. The van der Waals surface area contributed by atoms with E-state index in [1.807, 2.05) is 39.5 Å². The van der Waals surface area contributed by atoms with E-state index < -0.39 is 0 Å². The first kappa shape index (κ1) is 16.8. The van der Waals surface area contributed by atoms with Gasteiger partial charge in [0.15, 0.2) is 0 Å². The van der Waals surface area contributed by atoms with Gasteiger partial charge in [0.25, 0.3) is 0 Å². The minimum atomic E-state index is -0.158. The molecule has 1 atom stereocenters. The molecular formula is C15H30N2OS. The summed E-state index contributed by atoms with van der Waals surface area (Å²) in [6, 6.07) is -0.120. The molecule has 1 fully saturated rings. The van der Waals surface area contributed by atoms with Crippen LogP contribution in [0.1, 0.15) is 59.8 Å². The molecule has 3 nitrogen and oxygen atoms in total. The molecule has 1 amide bonds. The highest BCUT2D eigenvalue weighted by Gasteiger charge is 2.32. The van der Waals surface area contributed by atoms with Crippen molar-refractivity contribution in [3.63, 3.8) is 0 Å². The molecule has 1 aliphatic carbocycles. The van der Waals surface area contributed by atoms with Crippen molar-refractivity contribution >= 4 is 17.7 Å². The molecule has 1 saturated carbocycles. The second kappa shape index (κ2) is 6.98. The molecule has 4 heteroatoms. The Bertz CT molecular complexity index is 293. The van der Waals surface area contributed by atoms with Crippen molar-refractivity contribution in [2.24, 2.45) is 0 Å². The molecule has 112 valence electrons. The van der Waals surface area contributed by atoms with Crippen LogP contribution in [0.15, 0.2) is 0 Å². The highest BCUT2D eigenvalue weighted by atomic mass is 32.2. The second-order valence-corrected chi connectivity index (χ2v) is 8.06. The quantitative estimate of drug-likeness (QED) is 0.816. The van der Waals surface area contributed by atoms with E-state index in [1.165, 1.54) is 32.1 Å². The van der Waals surface area contributed by atoms with Crippen LogP contribution in [-0.4, -0.2) is 35.0 Å². The fraction of sp³-hybridized carbons (Fsp3) is 0.933. The van der Waals surface area contributed by atoms with Crippen molar-refractivity contribution in [2.75, 3.05) is 12.8 Å². The van der Waals surface area contributed by atoms with Gasteiger partial charge in [0.05, 0.1) is 6.04 Å². The monoisotopic (exact) mass is 286 g/mol. The van der Waals surface area contributed by atoms with Crippen LogP contribution >= 0.6 is 11.8 Å². The van der Waals surface area contributed by atoms with Crippen LogP contribution in [0.5, 0.6) is 0 Å². The third-order valence-corrected chi connectivity index (χ3v) is 5.24. The van der Waals surface area contributed by atoms with E-state index in [2.05, 4.69) is 16.9 Å². The predicted octanol–water partition coefficient (Wildman–Crippen LogP) is 2.95. The Morgan fingerprint density at radius 2 is 1.84 bits per heavy atom. The molecule has 0 aromatic rings. The fourth-order valence-electron chi connectivity index (χ4n) is 2.56. The zero-order chi connectivity index (χ0) is 14.5. The SMILES string of the molecule is CSC1(CNC(C)C(=O)NC(C)(C)C)CCCCC1. The standard InChI is InChI=1S/C15H30N2OS/c1-12(13(18)17-14(2,3)4)16-11-15(19-5)9-7-6-8-10-15/h12,16H,6-11H2,1-5H3,(H,17,18). The van der Waals surface area contributed by atoms with Crippen molar-refractivity contribution in [3.8, 4) is 0 Å². The topological polar surface area (TPSA) is 41.1 Å². The average Bonchev–Trinajstić information content (AvgIpc) is 2.35. The van der Waals surface area contributed by atoms with Gasteiger partial charge in [0, 0.05) is 16.8 Å². The molecule has 0 aliphatic heterocycles. The van der Waals surface area contributed by atoms with Crippen LogP contribution in [0.2, 0.25) is 0 Å². The maximum Gasteiger partial charge on any atom is 0.237 e. The lowest BCUT2D eigenvalue weighted by molar-refractivity contribution is -0.124. The number of carbonyl (C=O) groups is 1. The average molecular weight is 286 g/mol. The first-order valence-electron chi connectivity index (χ1n) is 7.39. The molecule has 0 radical (unpaired) electrons. The number of nitrogens with one attached hydrogen (secondary N) is 2. The van der Waals surface area contributed by atoms with Crippen LogP contribution < -0.4 is 10.6 Å². The number of thioether (sulfide) groups is 1. The van der Waals surface area contributed by atoms with E-state index in [9.17, 15) is 4.79 Å². The van der Waals surface area contributed by atoms with Crippen molar-refractivity contribution < 1.29 is 4.79 Å². The molecule has 0 aromatic heterocycles. The molecule has 1 rings (SSSR count). The Morgan fingerprint density at radius 1 is 1.26 bits per heavy atom. The summed E-state index contributed by atoms with van der Waals surface area (Å²) in [6.07, 6.45) is 8.76. The van der Waals surface area contributed by atoms with E-state index in [-0.39, 0.29) is 17.5 Å². The summed E-state index contributed by atoms with van der Waals surface area (Å²) in [7, 11) is 0. The third-order valence-electron chi connectivity index (χ3n) is 3.82. The number of carbonyl (C=O) groups excluding carboxylic acids is 1.